The number of ether oxygens (including phenoxy) is 2. The highest BCUT2D eigenvalue weighted by Gasteiger charge is 2.08. The maximum Gasteiger partial charge on any atom is 0.508 e. The molecule has 19 heavy (non-hydrogen) atoms. The molecule has 0 heterocycles. The van der Waals surface area contributed by atoms with Gasteiger partial charge in [0.05, 0.1) is 13.2 Å². The smallest absolute Gasteiger partial charge is 0.434 e. The lowest BCUT2D eigenvalue weighted by Crippen LogP contribution is -2.22. The molecular weight excluding hydrogens is 248 g/mol. The summed E-state index contributed by atoms with van der Waals surface area (Å²) >= 11 is 0. The molecule has 1 atom stereocenters. The highest BCUT2D eigenvalue weighted by atomic mass is 16.7. The highest BCUT2D eigenvalue weighted by molar-refractivity contribution is 5.59. The summed E-state index contributed by atoms with van der Waals surface area (Å²) < 4.78 is 9.40. The molecular formula is C14H26O5. The predicted molar refractivity (Wildman–Crippen MR) is 72.9 cm³/mol. The summed E-state index contributed by atoms with van der Waals surface area (Å²) in [5.41, 5.74) is 0. The van der Waals surface area contributed by atoms with Crippen LogP contribution in [0.15, 0.2) is 12.7 Å². The van der Waals surface area contributed by atoms with Crippen molar-refractivity contribution in [2.75, 3.05) is 19.8 Å². The lowest BCUT2D eigenvalue weighted by molar-refractivity contribution is 0.000383. The number of allylic oxidation sites excluding steroid dienone is 1. The van der Waals surface area contributed by atoms with Gasteiger partial charge in [-0.25, -0.2) is 4.79 Å². The van der Waals surface area contributed by atoms with Crippen molar-refractivity contribution in [1.29, 1.82) is 0 Å². The zero-order valence-electron chi connectivity index (χ0n) is 11.6. The van der Waals surface area contributed by atoms with Crippen LogP contribution in [0.5, 0.6) is 0 Å². The molecule has 0 aliphatic rings. The molecule has 0 aliphatic carbocycles. The van der Waals surface area contributed by atoms with Gasteiger partial charge in [0.1, 0.15) is 12.7 Å². The molecule has 0 saturated heterocycles. The molecule has 5 heteroatoms. The summed E-state index contributed by atoms with van der Waals surface area (Å²) in [7, 11) is 0. The molecule has 0 saturated carbocycles. The van der Waals surface area contributed by atoms with Gasteiger partial charge in [0.2, 0.25) is 0 Å². The van der Waals surface area contributed by atoms with Crippen LogP contribution in [-0.2, 0) is 9.47 Å². The minimum Gasteiger partial charge on any atom is -0.434 e. The minimum absolute atomic E-state index is 0.237. The maximum atomic E-state index is 11.0. The van der Waals surface area contributed by atoms with Gasteiger partial charge in [0.15, 0.2) is 0 Å². The summed E-state index contributed by atoms with van der Waals surface area (Å²) in [6, 6.07) is 0. The largest absolute Gasteiger partial charge is 0.508 e. The van der Waals surface area contributed by atoms with Gasteiger partial charge in [-0.1, -0.05) is 31.8 Å². The molecule has 0 rings (SSSR count). The quantitative estimate of drug-likeness (QED) is 0.325. The number of hydrogen-bond acceptors (Lipinski definition) is 5. The average molecular weight is 274 g/mol. The molecule has 0 aromatic rings. The van der Waals surface area contributed by atoms with Crippen molar-refractivity contribution >= 4 is 6.16 Å². The molecule has 112 valence electrons. The molecule has 2 N–H and O–H groups in total. The van der Waals surface area contributed by atoms with Crippen LogP contribution in [0.3, 0.4) is 0 Å². The second-order valence-electron chi connectivity index (χ2n) is 4.44. The lowest BCUT2D eigenvalue weighted by atomic mass is 10.1. The second kappa shape index (κ2) is 13.4. The standard InChI is InChI=1S/C14H26O5/c1-2-3-4-5-6-7-8-9-10-18-14(17)19-12-13(16)11-15/h2,13,15-16H,1,3-12H2. The van der Waals surface area contributed by atoms with Crippen LogP contribution >= 0.6 is 0 Å². The van der Waals surface area contributed by atoms with Gasteiger partial charge < -0.3 is 19.7 Å². The van der Waals surface area contributed by atoms with E-state index in [9.17, 15) is 4.79 Å². The SMILES string of the molecule is C=CCCCCCCCCOC(=O)OCC(O)CO. The van der Waals surface area contributed by atoms with Crippen LogP contribution in [0.2, 0.25) is 0 Å². The Morgan fingerprint density at radius 3 is 2.37 bits per heavy atom. The molecule has 1 unspecified atom stereocenters. The average Bonchev–Trinajstić information content (AvgIpc) is 2.42. The monoisotopic (exact) mass is 274 g/mol. The van der Waals surface area contributed by atoms with E-state index in [0.29, 0.717) is 6.61 Å². The number of carbonyl (C=O) groups excluding carboxylic acids is 1. The summed E-state index contributed by atoms with van der Waals surface area (Å²) in [6.07, 6.45) is 7.77. The Labute approximate surface area is 115 Å². The fraction of sp³-hybridized carbons (Fsp3) is 0.786. The van der Waals surface area contributed by atoms with Crippen molar-refractivity contribution in [3.63, 3.8) is 0 Å². The van der Waals surface area contributed by atoms with E-state index < -0.39 is 18.9 Å². The van der Waals surface area contributed by atoms with Gasteiger partial charge in [0.25, 0.3) is 0 Å². The third kappa shape index (κ3) is 13.2. The number of carbonyl (C=O) groups is 1. The topological polar surface area (TPSA) is 76.0 Å². The summed E-state index contributed by atoms with van der Waals surface area (Å²) in [4.78, 5) is 11.0. The second-order valence-corrected chi connectivity index (χ2v) is 4.44. The van der Waals surface area contributed by atoms with Crippen LogP contribution in [0.25, 0.3) is 0 Å². The number of unbranched alkanes of at least 4 members (excludes halogenated alkanes) is 6. The molecule has 0 aromatic heterocycles. The molecule has 0 radical (unpaired) electrons. The van der Waals surface area contributed by atoms with E-state index in [1.54, 1.807) is 0 Å². The Bertz CT molecular complexity index is 230. The van der Waals surface area contributed by atoms with E-state index in [0.717, 1.165) is 25.7 Å². The first-order valence-corrected chi connectivity index (χ1v) is 6.90. The van der Waals surface area contributed by atoms with Crippen molar-refractivity contribution in [3.8, 4) is 0 Å². The van der Waals surface area contributed by atoms with Crippen molar-refractivity contribution in [2.24, 2.45) is 0 Å². The highest BCUT2D eigenvalue weighted by Crippen LogP contribution is 2.07. The Morgan fingerprint density at radius 2 is 1.74 bits per heavy atom. The molecule has 0 aromatic carbocycles. The fourth-order valence-corrected chi connectivity index (χ4v) is 1.51. The third-order valence-electron chi connectivity index (χ3n) is 2.63. The summed E-state index contributed by atoms with van der Waals surface area (Å²) in [6.45, 7) is 3.34. The Hall–Kier alpha value is -1.07. The lowest BCUT2D eigenvalue weighted by Gasteiger charge is -2.08. The fourth-order valence-electron chi connectivity index (χ4n) is 1.51. The first-order chi connectivity index (χ1) is 9.20. The van der Waals surface area contributed by atoms with Crippen LogP contribution in [-0.4, -0.2) is 42.3 Å². The van der Waals surface area contributed by atoms with Gasteiger partial charge >= 0.3 is 6.16 Å². The van der Waals surface area contributed by atoms with E-state index in [1.807, 2.05) is 6.08 Å². The Morgan fingerprint density at radius 1 is 1.11 bits per heavy atom. The number of aliphatic hydroxyl groups excluding tert-OH is 2. The number of hydrogen-bond donors (Lipinski definition) is 2. The normalized spacial score (nSPS) is 11.9. The first kappa shape index (κ1) is 17.9. The summed E-state index contributed by atoms with van der Waals surface area (Å²) in [5.74, 6) is 0. The van der Waals surface area contributed by atoms with Gasteiger partial charge in [-0.3, -0.25) is 0 Å². The van der Waals surface area contributed by atoms with Crippen molar-refractivity contribution in [3.05, 3.63) is 12.7 Å². The van der Waals surface area contributed by atoms with Crippen LogP contribution in [0.1, 0.15) is 44.9 Å². The van der Waals surface area contributed by atoms with E-state index in [1.165, 1.54) is 19.3 Å². The van der Waals surface area contributed by atoms with Gasteiger partial charge in [-0.2, -0.15) is 0 Å². The van der Waals surface area contributed by atoms with Gasteiger partial charge in [-0.15, -0.1) is 6.58 Å². The van der Waals surface area contributed by atoms with E-state index in [4.69, 9.17) is 14.9 Å². The first-order valence-electron chi connectivity index (χ1n) is 6.90. The number of aliphatic hydroxyl groups is 2. The molecule has 0 bridgehead atoms. The van der Waals surface area contributed by atoms with Crippen molar-refractivity contribution < 1.29 is 24.5 Å². The van der Waals surface area contributed by atoms with E-state index in [2.05, 4.69) is 11.3 Å². The predicted octanol–water partition coefficient (Wildman–Crippen LogP) is 2.41. The van der Waals surface area contributed by atoms with Crippen LogP contribution in [0.4, 0.5) is 4.79 Å². The Balaban J connectivity index is 3.20. The zero-order chi connectivity index (χ0) is 14.3. The summed E-state index contributed by atoms with van der Waals surface area (Å²) in [5, 5.41) is 17.5. The van der Waals surface area contributed by atoms with Crippen LogP contribution in [0, 0.1) is 0 Å². The van der Waals surface area contributed by atoms with Gasteiger partial charge in [-0.05, 0) is 19.3 Å². The minimum atomic E-state index is -1.04. The zero-order valence-corrected chi connectivity index (χ0v) is 11.6. The third-order valence-corrected chi connectivity index (χ3v) is 2.63. The molecule has 0 amide bonds. The van der Waals surface area contributed by atoms with E-state index in [-0.39, 0.29) is 6.61 Å². The van der Waals surface area contributed by atoms with Gasteiger partial charge in [0, 0.05) is 0 Å². The van der Waals surface area contributed by atoms with Crippen molar-refractivity contribution in [1.82, 2.24) is 0 Å². The molecule has 5 nitrogen and oxygen atoms in total. The molecule has 0 aliphatic heterocycles. The number of rotatable bonds is 12. The molecule has 0 spiro atoms. The van der Waals surface area contributed by atoms with Crippen molar-refractivity contribution in [2.45, 2.75) is 51.0 Å². The van der Waals surface area contributed by atoms with E-state index >= 15 is 0 Å². The van der Waals surface area contributed by atoms with Crippen LogP contribution < -0.4 is 0 Å². The Kier molecular flexibility index (Phi) is 12.6. The molecule has 0 fully saturated rings. The maximum absolute atomic E-state index is 11.0.